The molecule has 0 saturated heterocycles. The van der Waals surface area contributed by atoms with E-state index in [9.17, 15) is 8.42 Å². The van der Waals surface area contributed by atoms with E-state index in [1.54, 1.807) is 0 Å². The summed E-state index contributed by atoms with van der Waals surface area (Å²) in [5, 5.41) is 7.53. The quantitative estimate of drug-likeness (QED) is 0.422. The molecule has 11 heavy (non-hydrogen) atoms. The first-order valence-corrected chi connectivity index (χ1v) is 4.71. The molecule has 3 N–H and O–H groups in total. The van der Waals surface area contributed by atoms with Crippen LogP contribution in [0.25, 0.3) is 0 Å². The first-order valence-electron chi connectivity index (χ1n) is 3.23. The zero-order valence-corrected chi connectivity index (χ0v) is 7.17. The molecule has 5 nitrogen and oxygen atoms in total. The predicted molar refractivity (Wildman–Crippen MR) is 40.2 cm³/mol. The van der Waals surface area contributed by atoms with Gasteiger partial charge in [-0.15, -0.1) is 0 Å². The number of aliphatic hydroxyl groups is 1. The first-order chi connectivity index (χ1) is 5.04. The summed E-state index contributed by atoms with van der Waals surface area (Å²) in [5.74, 6) is 0. The average molecular weight is 183 g/mol. The summed E-state index contributed by atoms with van der Waals surface area (Å²) in [7, 11) is -3.60. The minimum atomic E-state index is -3.60. The van der Waals surface area contributed by atoms with E-state index >= 15 is 0 Å². The van der Waals surface area contributed by atoms with E-state index < -0.39 is 22.2 Å². The Hall–Kier alpha value is -0.170. The van der Waals surface area contributed by atoms with Gasteiger partial charge in [0, 0.05) is 0 Å². The fraction of sp³-hybridized carbons (Fsp3) is 1.00. The van der Waals surface area contributed by atoms with Gasteiger partial charge in [-0.2, -0.15) is 8.42 Å². The van der Waals surface area contributed by atoms with Gasteiger partial charge in [-0.05, 0) is 19.9 Å². The summed E-state index contributed by atoms with van der Waals surface area (Å²) in [6.45, 7) is 0.963. The molecule has 0 aliphatic carbocycles. The second kappa shape index (κ2) is 4.66. The van der Waals surface area contributed by atoms with Crippen molar-refractivity contribution >= 4 is 10.1 Å². The van der Waals surface area contributed by atoms with Crippen LogP contribution in [0.2, 0.25) is 0 Å². The lowest BCUT2D eigenvalue weighted by Gasteiger charge is -2.09. The fourth-order valence-electron chi connectivity index (χ4n) is 0.569. The second-order valence-corrected chi connectivity index (χ2v) is 4.15. The van der Waals surface area contributed by atoms with Gasteiger partial charge in [0.15, 0.2) is 6.79 Å². The van der Waals surface area contributed by atoms with Crippen molar-refractivity contribution in [2.24, 2.45) is 5.73 Å². The van der Waals surface area contributed by atoms with Gasteiger partial charge in [0.05, 0.1) is 5.25 Å². The van der Waals surface area contributed by atoms with Gasteiger partial charge in [-0.1, -0.05) is 0 Å². The predicted octanol–water partition coefficient (Wildman–Crippen LogP) is -0.980. The lowest BCUT2D eigenvalue weighted by Crippen LogP contribution is -2.23. The summed E-state index contributed by atoms with van der Waals surface area (Å²) < 4.78 is 25.9. The molecule has 0 rings (SSSR count). The number of rotatable bonds is 5. The van der Waals surface area contributed by atoms with Gasteiger partial charge in [0.1, 0.15) is 0 Å². The van der Waals surface area contributed by atoms with E-state index in [1.807, 2.05) is 0 Å². The number of hydrogen-bond donors (Lipinski definition) is 2. The molecule has 0 aromatic rings. The highest BCUT2D eigenvalue weighted by atomic mass is 32.2. The Labute approximate surface area is 66.3 Å². The minimum absolute atomic E-state index is 0.287. The highest BCUT2D eigenvalue weighted by Gasteiger charge is 2.19. The Balaban J connectivity index is 4.07. The monoisotopic (exact) mass is 183 g/mol. The van der Waals surface area contributed by atoms with E-state index in [0.717, 1.165) is 0 Å². The third kappa shape index (κ3) is 3.66. The van der Waals surface area contributed by atoms with Crippen molar-refractivity contribution in [3.63, 3.8) is 0 Å². The van der Waals surface area contributed by atoms with Gasteiger partial charge in [-0.25, -0.2) is 4.18 Å². The second-order valence-electron chi connectivity index (χ2n) is 2.13. The number of aliphatic hydroxyl groups excluding tert-OH is 1. The van der Waals surface area contributed by atoms with Crippen LogP contribution in [0.3, 0.4) is 0 Å². The minimum Gasteiger partial charge on any atom is -0.369 e. The van der Waals surface area contributed by atoms with Crippen molar-refractivity contribution < 1.29 is 17.7 Å². The van der Waals surface area contributed by atoms with Gasteiger partial charge >= 0.3 is 0 Å². The molecule has 1 unspecified atom stereocenters. The topological polar surface area (TPSA) is 89.6 Å². The Kier molecular flexibility index (Phi) is 4.58. The fourth-order valence-corrected chi connectivity index (χ4v) is 1.37. The molecular weight excluding hydrogens is 170 g/mol. The Morgan fingerprint density at radius 1 is 1.64 bits per heavy atom. The van der Waals surface area contributed by atoms with Crippen molar-refractivity contribution in [2.75, 3.05) is 13.3 Å². The highest BCUT2D eigenvalue weighted by molar-refractivity contribution is 7.87. The van der Waals surface area contributed by atoms with Crippen LogP contribution in [0.4, 0.5) is 0 Å². The molecule has 0 aromatic heterocycles. The van der Waals surface area contributed by atoms with Gasteiger partial charge < -0.3 is 10.8 Å². The molecule has 0 spiro atoms. The Morgan fingerprint density at radius 2 is 2.18 bits per heavy atom. The van der Waals surface area contributed by atoms with Crippen molar-refractivity contribution in [2.45, 2.75) is 18.6 Å². The first kappa shape index (κ1) is 10.8. The van der Waals surface area contributed by atoms with Crippen molar-refractivity contribution in [1.82, 2.24) is 0 Å². The van der Waals surface area contributed by atoms with Gasteiger partial charge in [0.25, 0.3) is 10.1 Å². The molecule has 0 radical (unpaired) electrons. The van der Waals surface area contributed by atoms with Crippen LogP contribution < -0.4 is 5.73 Å². The maximum absolute atomic E-state index is 10.9. The van der Waals surface area contributed by atoms with Gasteiger partial charge in [0.2, 0.25) is 0 Å². The molecule has 0 amide bonds. The summed E-state index contributed by atoms with van der Waals surface area (Å²) >= 11 is 0. The lowest BCUT2D eigenvalue weighted by atomic mass is 10.3. The van der Waals surface area contributed by atoms with Crippen LogP contribution in [0, 0.1) is 0 Å². The summed E-state index contributed by atoms with van der Waals surface area (Å²) in [6, 6.07) is 0. The Morgan fingerprint density at radius 3 is 2.55 bits per heavy atom. The molecule has 6 heteroatoms. The standard InChI is InChI=1S/C5H13NO4S/c1-5(2-3-6)11(8,9)10-4-7/h5,7H,2-4,6H2,1H3. The molecule has 0 aliphatic heterocycles. The van der Waals surface area contributed by atoms with Crippen molar-refractivity contribution in [3.05, 3.63) is 0 Å². The molecule has 0 saturated carbocycles. The van der Waals surface area contributed by atoms with E-state index in [1.165, 1.54) is 6.92 Å². The highest BCUT2D eigenvalue weighted by Crippen LogP contribution is 2.05. The zero-order valence-electron chi connectivity index (χ0n) is 6.36. The zero-order chi connectivity index (χ0) is 8.91. The van der Waals surface area contributed by atoms with E-state index in [4.69, 9.17) is 10.8 Å². The van der Waals surface area contributed by atoms with E-state index in [2.05, 4.69) is 4.18 Å². The molecule has 1 atom stereocenters. The van der Waals surface area contributed by atoms with Crippen LogP contribution in [-0.4, -0.2) is 32.1 Å². The lowest BCUT2D eigenvalue weighted by molar-refractivity contribution is 0.103. The Bertz CT molecular complexity index is 189. The van der Waals surface area contributed by atoms with Crippen molar-refractivity contribution in [1.29, 1.82) is 0 Å². The van der Waals surface area contributed by atoms with E-state index in [0.29, 0.717) is 6.42 Å². The molecule has 0 fully saturated rings. The molecular formula is C5H13NO4S. The number of hydrogen-bond acceptors (Lipinski definition) is 5. The summed E-state index contributed by atoms with van der Waals surface area (Å²) in [6.07, 6.45) is 0.336. The molecule has 0 heterocycles. The third-order valence-electron chi connectivity index (χ3n) is 1.28. The summed E-state index contributed by atoms with van der Waals surface area (Å²) in [5.41, 5.74) is 5.14. The molecule has 0 bridgehead atoms. The van der Waals surface area contributed by atoms with Gasteiger partial charge in [-0.3, -0.25) is 0 Å². The average Bonchev–Trinajstić information content (AvgIpc) is 1.88. The SMILES string of the molecule is CC(CCN)S(=O)(=O)OCO. The maximum Gasteiger partial charge on any atom is 0.272 e. The third-order valence-corrected chi connectivity index (χ3v) is 2.94. The molecule has 0 aromatic carbocycles. The largest absolute Gasteiger partial charge is 0.369 e. The number of nitrogens with two attached hydrogens (primary N) is 1. The molecule has 68 valence electrons. The van der Waals surface area contributed by atoms with Crippen LogP contribution in [0.15, 0.2) is 0 Å². The van der Waals surface area contributed by atoms with Crippen LogP contribution >= 0.6 is 0 Å². The van der Waals surface area contributed by atoms with E-state index in [-0.39, 0.29) is 6.54 Å². The molecule has 0 aliphatic rings. The van der Waals surface area contributed by atoms with Crippen molar-refractivity contribution in [3.8, 4) is 0 Å². The maximum atomic E-state index is 10.9. The van der Waals surface area contributed by atoms with Crippen LogP contribution in [0.1, 0.15) is 13.3 Å². The van der Waals surface area contributed by atoms with Crippen LogP contribution in [-0.2, 0) is 14.3 Å². The smallest absolute Gasteiger partial charge is 0.272 e. The summed E-state index contributed by atoms with van der Waals surface area (Å²) in [4.78, 5) is 0. The van der Waals surface area contributed by atoms with Crippen LogP contribution in [0.5, 0.6) is 0 Å². The normalized spacial score (nSPS) is 14.8.